The Bertz CT molecular complexity index is 1790. The van der Waals surface area contributed by atoms with Gasteiger partial charge in [0.1, 0.15) is 11.8 Å². The van der Waals surface area contributed by atoms with Crippen LogP contribution in [0.25, 0.3) is 52.0 Å². The number of anilines is 2. The molecule has 7 aromatic rings. The van der Waals surface area contributed by atoms with Gasteiger partial charge >= 0.3 is 0 Å². The molecule has 0 amide bonds. The lowest BCUT2D eigenvalue weighted by Gasteiger charge is -2.19. The van der Waals surface area contributed by atoms with Crippen LogP contribution in [0.4, 0.5) is 11.4 Å². The normalized spacial score (nSPS) is 12.1. The quantitative estimate of drug-likeness (QED) is 0.245. The first-order chi connectivity index (χ1) is 18.4. The van der Waals surface area contributed by atoms with Crippen LogP contribution >= 0.6 is 22.7 Å². The molecule has 2 nitrogen and oxygen atoms in total. The van der Waals surface area contributed by atoms with Crippen LogP contribution < -0.4 is 5.32 Å². The van der Waals surface area contributed by atoms with Gasteiger partial charge in [-0.15, -0.1) is 22.7 Å². The zero-order valence-electron chi connectivity index (χ0n) is 21.5. The Hall–Kier alpha value is -3.86. The maximum Gasteiger partial charge on any atom is 0.136 e. The Labute approximate surface area is 230 Å². The number of hydrogen-bond acceptors (Lipinski definition) is 4. The number of thiophene rings is 2. The van der Waals surface area contributed by atoms with E-state index in [-0.39, 0.29) is 5.41 Å². The van der Waals surface area contributed by atoms with Crippen molar-refractivity contribution in [2.75, 3.05) is 5.32 Å². The summed E-state index contributed by atoms with van der Waals surface area (Å²) in [5, 5.41) is 7.38. The highest BCUT2D eigenvalue weighted by molar-refractivity contribution is 7.22. The molecule has 0 atom stereocenters. The molecule has 0 bridgehead atoms. The molecule has 38 heavy (non-hydrogen) atoms. The molecule has 0 saturated heterocycles. The monoisotopic (exact) mass is 529 g/mol. The fourth-order valence-corrected chi connectivity index (χ4v) is 7.08. The van der Waals surface area contributed by atoms with E-state index in [1.54, 1.807) is 0 Å². The largest absolute Gasteiger partial charge is 0.462 e. The van der Waals surface area contributed by atoms with E-state index < -0.39 is 0 Å². The number of furan rings is 1. The highest BCUT2D eigenvalue weighted by Crippen LogP contribution is 2.41. The molecule has 4 heteroatoms. The van der Waals surface area contributed by atoms with Crippen LogP contribution in [0.2, 0.25) is 0 Å². The summed E-state index contributed by atoms with van der Waals surface area (Å²) >= 11 is 3.68. The zero-order valence-corrected chi connectivity index (χ0v) is 23.2. The van der Waals surface area contributed by atoms with Gasteiger partial charge in [0.25, 0.3) is 0 Å². The molecule has 4 aromatic carbocycles. The van der Waals surface area contributed by atoms with Gasteiger partial charge in [0.2, 0.25) is 0 Å². The van der Waals surface area contributed by atoms with Gasteiger partial charge in [0.05, 0.1) is 5.69 Å². The predicted molar refractivity (Wildman–Crippen MR) is 166 cm³/mol. The molecule has 186 valence electrons. The summed E-state index contributed by atoms with van der Waals surface area (Å²) in [6.07, 6.45) is 1.84. The Morgan fingerprint density at radius 3 is 1.84 bits per heavy atom. The summed E-state index contributed by atoms with van der Waals surface area (Å²) in [4.78, 5) is 2.54. The highest BCUT2D eigenvalue weighted by atomic mass is 32.1. The second kappa shape index (κ2) is 8.87. The van der Waals surface area contributed by atoms with Gasteiger partial charge in [-0.2, -0.15) is 0 Å². The predicted octanol–water partition coefficient (Wildman–Crippen LogP) is 11.2. The van der Waals surface area contributed by atoms with Crippen LogP contribution in [-0.2, 0) is 5.41 Å². The average molecular weight is 530 g/mol. The summed E-state index contributed by atoms with van der Waals surface area (Å²) in [6.45, 7) is 6.73. The molecule has 7 rings (SSSR count). The van der Waals surface area contributed by atoms with Crippen molar-refractivity contribution in [3.63, 3.8) is 0 Å². The second-order valence-corrected chi connectivity index (χ2v) is 13.0. The summed E-state index contributed by atoms with van der Waals surface area (Å²) in [7, 11) is 0. The first-order valence-corrected chi connectivity index (χ1v) is 14.5. The van der Waals surface area contributed by atoms with E-state index in [0.717, 1.165) is 22.3 Å². The molecule has 0 fully saturated rings. The molecule has 1 N–H and O–H groups in total. The minimum atomic E-state index is 0.0676. The molecule has 0 aliphatic carbocycles. The SMILES string of the molecule is CC(C)(C)c1ccc2occ(Nc3cc(-c4cc5ccccc5s4)cc(-c4cc5ccccc5s4)c3)c2c1. The van der Waals surface area contributed by atoms with Gasteiger partial charge in [-0.25, -0.2) is 0 Å². The molecule has 3 heterocycles. The topological polar surface area (TPSA) is 25.2 Å². The van der Waals surface area contributed by atoms with Crippen molar-refractivity contribution in [3.8, 4) is 20.9 Å². The van der Waals surface area contributed by atoms with E-state index in [0.29, 0.717) is 0 Å². The second-order valence-electron chi connectivity index (χ2n) is 10.8. The summed E-state index contributed by atoms with van der Waals surface area (Å²) in [5.41, 5.74) is 6.72. The van der Waals surface area contributed by atoms with Crippen LogP contribution in [-0.4, -0.2) is 0 Å². The molecule has 0 aliphatic heterocycles. The molecule has 3 aromatic heterocycles. The van der Waals surface area contributed by atoms with Gasteiger partial charge in [-0.3, -0.25) is 0 Å². The van der Waals surface area contributed by atoms with Crippen molar-refractivity contribution >= 4 is 65.2 Å². The molecular weight excluding hydrogens is 503 g/mol. The van der Waals surface area contributed by atoms with E-state index in [4.69, 9.17) is 4.42 Å². The van der Waals surface area contributed by atoms with Crippen LogP contribution in [0, 0.1) is 0 Å². The van der Waals surface area contributed by atoms with Crippen LogP contribution in [0.3, 0.4) is 0 Å². The van der Waals surface area contributed by atoms with Gasteiger partial charge in [0, 0.05) is 30.2 Å². The third-order valence-electron chi connectivity index (χ3n) is 7.07. The number of nitrogens with one attached hydrogen (secondary N) is 1. The van der Waals surface area contributed by atoms with Gasteiger partial charge in [0.15, 0.2) is 0 Å². The van der Waals surface area contributed by atoms with Crippen LogP contribution in [0.1, 0.15) is 26.3 Å². The molecule has 0 saturated carbocycles. The lowest BCUT2D eigenvalue weighted by Crippen LogP contribution is -2.10. The van der Waals surface area contributed by atoms with Crippen molar-refractivity contribution in [1.29, 1.82) is 0 Å². The van der Waals surface area contributed by atoms with E-state index >= 15 is 0 Å². The van der Waals surface area contributed by atoms with Gasteiger partial charge < -0.3 is 9.73 Å². The molecular formula is C34H27NOS2. The number of fused-ring (bicyclic) bond motifs is 3. The molecule has 0 aliphatic rings. The van der Waals surface area contributed by atoms with E-state index in [1.807, 2.05) is 28.9 Å². The smallest absolute Gasteiger partial charge is 0.136 e. The van der Waals surface area contributed by atoms with E-state index in [2.05, 4.69) is 123 Å². The number of benzene rings is 4. The zero-order chi connectivity index (χ0) is 25.9. The summed E-state index contributed by atoms with van der Waals surface area (Å²) < 4.78 is 8.55. The Morgan fingerprint density at radius 2 is 1.26 bits per heavy atom. The minimum Gasteiger partial charge on any atom is -0.462 e. The van der Waals surface area contributed by atoms with Crippen molar-refractivity contribution in [2.24, 2.45) is 0 Å². The van der Waals surface area contributed by atoms with Crippen molar-refractivity contribution in [2.45, 2.75) is 26.2 Å². The maximum atomic E-state index is 5.94. The average Bonchev–Trinajstić information content (AvgIpc) is 3.64. The van der Waals surface area contributed by atoms with Crippen molar-refractivity contribution in [1.82, 2.24) is 0 Å². The first kappa shape index (κ1) is 23.3. The highest BCUT2D eigenvalue weighted by Gasteiger charge is 2.17. The lowest BCUT2D eigenvalue weighted by molar-refractivity contribution is 0.589. The first-order valence-electron chi connectivity index (χ1n) is 12.8. The van der Waals surface area contributed by atoms with Gasteiger partial charge in [-0.05, 0) is 87.5 Å². The van der Waals surface area contributed by atoms with Crippen molar-refractivity contribution < 1.29 is 4.42 Å². The summed E-state index contributed by atoms with van der Waals surface area (Å²) in [6, 6.07) is 35.2. The Morgan fingerprint density at radius 1 is 0.658 bits per heavy atom. The number of rotatable bonds is 4. The third-order valence-corrected chi connectivity index (χ3v) is 9.40. The third kappa shape index (κ3) is 4.20. The van der Waals surface area contributed by atoms with E-state index in [1.165, 1.54) is 46.6 Å². The molecule has 0 unspecified atom stereocenters. The Kier molecular flexibility index (Phi) is 5.43. The maximum absolute atomic E-state index is 5.94. The van der Waals surface area contributed by atoms with E-state index in [9.17, 15) is 0 Å². The fourth-order valence-electron chi connectivity index (χ4n) is 4.98. The van der Waals surface area contributed by atoms with Gasteiger partial charge in [-0.1, -0.05) is 63.2 Å². The molecule has 0 radical (unpaired) electrons. The summed E-state index contributed by atoms with van der Waals surface area (Å²) in [5.74, 6) is 0. The lowest BCUT2D eigenvalue weighted by atomic mass is 9.86. The number of hydrogen-bond donors (Lipinski definition) is 1. The van der Waals surface area contributed by atoms with Crippen LogP contribution in [0.15, 0.2) is 108 Å². The van der Waals surface area contributed by atoms with Crippen LogP contribution in [0.5, 0.6) is 0 Å². The Balaban J connectivity index is 1.37. The standard InChI is InChI=1S/C34H27NOS2/c1-34(2,3)25-12-13-29-27(19-25)28(20-36-29)35-26-15-23(32-17-21-8-4-6-10-30(21)37-32)14-24(16-26)33-18-22-9-5-7-11-31(22)38-33/h4-20,35H,1-3H3. The fraction of sp³-hybridized carbons (Fsp3) is 0.118. The minimum absolute atomic E-state index is 0.0676. The molecule has 0 spiro atoms. The van der Waals surface area contributed by atoms with Crippen molar-refractivity contribution in [3.05, 3.63) is 109 Å².